The van der Waals surface area contributed by atoms with Gasteiger partial charge in [-0.2, -0.15) is 0 Å². The van der Waals surface area contributed by atoms with Gasteiger partial charge in [-0.3, -0.25) is 0 Å². The van der Waals surface area contributed by atoms with Gasteiger partial charge in [-0.05, 0) is 13.3 Å². The minimum absolute atomic E-state index is 0.0136. The lowest BCUT2D eigenvalue weighted by Crippen LogP contribution is -2.49. The zero-order valence-electron chi connectivity index (χ0n) is 11.4. The van der Waals surface area contributed by atoms with Crippen molar-refractivity contribution in [2.24, 2.45) is 0 Å². The van der Waals surface area contributed by atoms with Crippen molar-refractivity contribution in [3.8, 4) is 0 Å². The number of carbonyl (C=O) groups excluding carboxylic acids is 1. The Bertz CT molecular complexity index is 421. The number of aliphatic carboxylic acids is 1. The van der Waals surface area contributed by atoms with E-state index >= 15 is 0 Å². The van der Waals surface area contributed by atoms with E-state index in [0.717, 1.165) is 0 Å². The van der Waals surface area contributed by atoms with Crippen LogP contribution in [0.3, 0.4) is 0 Å². The molecule has 0 fully saturated rings. The van der Waals surface area contributed by atoms with E-state index < -0.39 is 18.0 Å². The molecular weight excluding hydrogens is 264 g/mol. The number of hydrogen-bond donors (Lipinski definition) is 4. The summed E-state index contributed by atoms with van der Waals surface area (Å²) in [6.45, 7) is 2.61. The molecule has 0 aromatic carbocycles. The highest BCUT2D eigenvalue weighted by molar-refractivity contribution is 5.82. The Kier molecular flexibility index (Phi) is 6.51. The van der Waals surface area contributed by atoms with Crippen LogP contribution in [0.15, 0.2) is 12.5 Å². The third kappa shape index (κ3) is 4.88. The first-order valence-corrected chi connectivity index (χ1v) is 6.44. The van der Waals surface area contributed by atoms with Gasteiger partial charge in [0, 0.05) is 38.0 Å². The number of carboxylic acids is 1. The van der Waals surface area contributed by atoms with Crippen LogP contribution in [0.5, 0.6) is 0 Å². The Morgan fingerprint density at radius 2 is 2.30 bits per heavy atom. The number of carboxylic acid groups (broad SMARTS) is 1. The van der Waals surface area contributed by atoms with Crippen LogP contribution in [0.2, 0.25) is 0 Å². The van der Waals surface area contributed by atoms with Gasteiger partial charge in [0.05, 0.1) is 6.33 Å². The smallest absolute Gasteiger partial charge is 0.326 e. The monoisotopic (exact) mass is 284 g/mol. The van der Waals surface area contributed by atoms with Crippen molar-refractivity contribution in [1.82, 2.24) is 20.2 Å². The van der Waals surface area contributed by atoms with Crippen LogP contribution < -0.4 is 5.32 Å². The average molecular weight is 284 g/mol. The lowest BCUT2D eigenvalue weighted by atomic mass is 10.1. The summed E-state index contributed by atoms with van der Waals surface area (Å²) in [4.78, 5) is 31.2. The highest BCUT2D eigenvalue weighted by atomic mass is 16.4. The number of H-pyrrole nitrogens is 1. The van der Waals surface area contributed by atoms with E-state index in [2.05, 4.69) is 15.3 Å². The quantitative estimate of drug-likeness (QED) is 0.528. The van der Waals surface area contributed by atoms with E-state index in [0.29, 0.717) is 25.2 Å². The maximum absolute atomic E-state index is 12.0. The fraction of sp³-hybridized carbons (Fsp3) is 0.583. The average Bonchev–Trinajstić information content (AvgIpc) is 2.91. The molecule has 0 saturated carbocycles. The molecule has 0 aliphatic rings. The van der Waals surface area contributed by atoms with Crippen molar-refractivity contribution in [3.05, 3.63) is 18.2 Å². The van der Waals surface area contributed by atoms with Gasteiger partial charge >= 0.3 is 12.0 Å². The number of aromatic nitrogens is 2. The molecule has 4 N–H and O–H groups in total. The minimum Gasteiger partial charge on any atom is -0.480 e. The number of hydrogen-bond acceptors (Lipinski definition) is 4. The number of carbonyl (C=O) groups is 2. The molecule has 0 aliphatic heterocycles. The zero-order chi connectivity index (χ0) is 15.0. The lowest BCUT2D eigenvalue weighted by molar-refractivity contribution is -0.139. The molecule has 1 rings (SSSR count). The van der Waals surface area contributed by atoms with Gasteiger partial charge in [0.15, 0.2) is 0 Å². The first-order valence-electron chi connectivity index (χ1n) is 6.44. The predicted octanol–water partition coefficient (Wildman–Crippen LogP) is -0.181. The van der Waals surface area contributed by atoms with Gasteiger partial charge < -0.3 is 25.4 Å². The molecule has 1 heterocycles. The number of urea groups is 1. The Balaban J connectivity index is 2.60. The molecule has 0 aliphatic carbocycles. The van der Waals surface area contributed by atoms with Crippen molar-refractivity contribution in [1.29, 1.82) is 0 Å². The SMILES string of the molecule is CCN(CCCO)C(=O)NC(Cc1cnc[nH]1)C(=O)O. The third-order valence-corrected chi connectivity index (χ3v) is 2.83. The zero-order valence-corrected chi connectivity index (χ0v) is 11.4. The highest BCUT2D eigenvalue weighted by Crippen LogP contribution is 2.01. The molecule has 8 heteroatoms. The van der Waals surface area contributed by atoms with Gasteiger partial charge in [-0.1, -0.05) is 0 Å². The lowest BCUT2D eigenvalue weighted by Gasteiger charge is -2.23. The molecule has 1 atom stereocenters. The van der Waals surface area contributed by atoms with Crippen molar-refractivity contribution in [3.63, 3.8) is 0 Å². The summed E-state index contributed by atoms with van der Waals surface area (Å²) in [5, 5.41) is 20.4. The highest BCUT2D eigenvalue weighted by Gasteiger charge is 2.23. The number of aromatic amines is 1. The summed E-state index contributed by atoms with van der Waals surface area (Å²) in [5.74, 6) is -1.11. The van der Waals surface area contributed by atoms with Gasteiger partial charge in [0.1, 0.15) is 6.04 Å². The summed E-state index contributed by atoms with van der Waals surface area (Å²) in [6.07, 6.45) is 3.57. The molecule has 112 valence electrons. The van der Waals surface area contributed by atoms with Crippen LogP contribution in [0.1, 0.15) is 19.0 Å². The van der Waals surface area contributed by atoms with Crippen molar-refractivity contribution >= 4 is 12.0 Å². The molecule has 0 radical (unpaired) electrons. The largest absolute Gasteiger partial charge is 0.480 e. The van der Waals surface area contributed by atoms with Crippen LogP contribution in [0.25, 0.3) is 0 Å². The predicted molar refractivity (Wildman–Crippen MR) is 71.2 cm³/mol. The molecule has 0 saturated heterocycles. The molecule has 0 bridgehead atoms. The second-order valence-electron chi connectivity index (χ2n) is 4.28. The number of aliphatic hydroxyl groups excluding tert-OH is 1. The van der Waals surface area contributed by atoms with E-state index in [1.807, 2.05) is 0 Å². The van der Waals surface area contributed by atoms with Crippen LogP contribution in [-0.2, 0) is 11.2 Å². The van der Waals surface area contributed by atoms with Crippen LogP contribution in [0, 0.1) is 0 Å². The number of rotatable bonds is 8. The van der Waals surface area contributed by atoms with E-state index in [9.17, 15) is 9.59 Å². The van der Waals surface area contributed by atoms with E-state index in [1.165, 1.54) is 17.4 Å². The summed E-state index contributed by atoms with van der Waals surface area (Å²) in [7, 11) is 0. The maximum atomic E-state index is 12.0. The van der Waals surface area contributed by atoms with E-state index in [4.69, 9.17) is 10.2 Å². The molecule has 1 unspecified atom stereocenters. The van der Waals surface area contributed by atoms with Crippen LogP contribution in [-0.4, -0.2) is 62.8 Å². The Labute approximate surface area is 116 Å². The first-order chi connectivity index (χ1) is 9.58. The molecule has 1 aromatic rings. The number of aliphatic hydroxyl groups is 1. The van der Waals surface area contributed by atoms with E-state index in [-0.39, 0.29) is 13.0 Å². The summed E-state index contributed by atoms with van der Waals surface area (Å²) in [5.41, 5.74) is 0.635. The van der Waals surface area contributed by atoms with Crippen molar-refractivity contribution in [2.45, 2.75) is 25.8 Å². The Morgan fingerprint density at radius 1 is 1.55 bits per heavy atom. The van der Waals surface area contributed by atoms with Gasteiger partial charge in [-0.15, -0.1) is 0 Å². The van der Waals surface area contributed by atoms with Gasteiger partial charge in [-0.25, -0.2) is 14.6 Å². The van der Waals surface area contributed by atoms with Crippen LogP contribution in [0.4, 0.5) is 4.79 Å². The molecular formula is C12H20N4O4. The topological polar surface area (TPSA) is 119 Å². The summed E-state index contributed by atoms with van der Waals surface area (Å²) < 4.78 is 0. The second kappa shape index (κ2) is 8.16. The Morgan fingerprint density at radius 3 is 2.80 bits per heavy atom. The normalized spacial score (nSPS) is 11.9. The summed E-state index contributed by atoms with van der Waals surface area (Å²) in [6, 6.07) is -1.47. The minimum atomic E-state index is -1.11. The molecule has 2 amide bonds. The molecule has 1 aromatic heterocycles. The molecule has 20 heavy (non-hydrogen) atoms. The van der Waals surface area contributed by atoms with Gasteiger partial charge in [0.25, 0.3) is 0 Å². The molecule has 8 nitrogen and oxygen atoms in total. The van der Waals surface area contributed by atoms with E-state index in [1.54, 1.807) is 6.92 Å². The fourth-order valence-corrected chi connectivity index (χ4v) is 1.72. The number of nitrogens with zero attached hydrogens (tertiary/aromatic N) is 2. The van der Waals surface area contributed by atoms with Crippen LogP contribution >= 0.6 is 0 Å². The maximum Gasteiger partial charge on any atom is 0.326 e. The third-order valence-electron chi connectivity index (χ3n) is 2.83. The number of nitrogens with one attached hydrogen (secondary N) is 2. The van der Waals surface area contributed by atoms with Gasteiger partial charge in [0.2, 0.25) is 0 Å². The number of amides is 2. The molecule has 0 spiro atoms. The van der Waals surface area contributed by atoms with Crippen molar-refractivity contribution < 1.29 is 19.8 Å². The summed E-state index contributed by atoms with van der Waals surface area (Å²) >= 11 is 0. The fourth-order valence-electron chi connectivity index (χ4n) is 1.72. The number of imidazole rings is 1. The standard InChI is InChI=1S/C12H20N4O4/c1-2-16(4-3-5-17)12(20)15-10(11(18)19)6-9-7-13-8-14-9/h7-8,10,17H,2-6H2,1H3,(H,13,14)(H,15,20)(H,18,19). The second-order valence-corrected chi connectivity index (χ2v) is 4.28. The van der Waals surface area contributed by atoms with Crippen molar-refractivity contribution in [2.75, 3.05) is 19.7 Å². The Hall–Kier alpha value is -2.09. The first kappa shape index (κ1) is 16.0.